The van der Waals surface area contributed by atoms with Gasteiger partial charge in [-0.25, -0.2) is 0 Å². The number of rotatable bonds is 4. The van der Waals surface area contributed by atoms with Crippen molar-refractivity contribution in [2.24, 2.45) is 0 Å². The van der Waals surface area contributed by atoms with Gasteiger partial charge in [-0.15, -0.1) is 0 Å². The van der Waals surface area contributed by atoms with Crippen LogP contribution in [-0.4, -0.2) is 12.0 Å². The summed E-state index contributed by atoms with van der Waals surface area (Å²) in [5.74, 6) is 0.576. The highest BCUT2D eigenvalue weighted by Crippen LogP contribution is 2.18. The van der Waals surface area contributed by atoms with E-state index in [0.29, 0.717) is 0 Å². The summed E-state index contributed by atoms with van der Waals surface area (Å²) in [6.45, 7) is 3.70. The average molecular weight is 381 g/mol. The van der Waals surface area contributed by atoms with Crippen LogP contribution in [0.25, 0.3) is 0 Å². The first-order chi connectivity index (χ1) is 9.56. The number of benzene rings is 2. The Bertz CT molecular complexity index is 596. The minimum atomic E-state index is -0.546. The van der Waals surface area contributed by atoms with Gasteiger partial charge in [-0.05, 0) is 72.3 Å². The molecular formula is C16H16INO2. The number of hydrogen-bond donors (Lipinski definition) is 1. The van der Waals surface area contributed by atoms with Gasteiger partial charge in [0.05, 0.1) is 0 Å². The van der Waals surface area contributed by atoms with Gasteiger partial charge in [0, 0.05) is 9.26 Å². The lowest BCUT2D eigenvalue weighted by atomic mass is 10.2. The molecular weight excluding hydrogens is 365 g/mol. The Morgan fingerprint density at radius 2 is 1.80 bits per heavy atom. The summed E-state index contributed by atoms with van der Waals surface area (Å²) >= 11 is 2.22. The maximum Gasteiger partial charge on any atom is 0.265 e. The molecule has 0 bridgehead atoms. The van der Waals surface area contributed by atoms with Crippen LogP contribution in [0.1, 0.15) is 12.5 Å². The lowest BCUT2D eigenvalue weighted by molar-refractivity contribution is -0.122. The molecule has 0 saturated heterocycles. The van der Waals surface area contributed by atoms with Crippen molar-refractivity contribution in [2.75, 3.05) is 5.32 Å². The second-order valence-electron chi connectivity index (χ2n) is 4.52. The monoisotopic (exact) mass is 381 g/mol. The van der Waals surface area contributed by atoms with E-state index in [-0.39, 0.29) is 5.91 Å². The summed E-state index contributed by atoms with van der Waals surface area (Å²) in [6, 6.07) is 15.3. The predicted octanol–water partition coefficient (Wildman–Crippen LogP) is 4.01. The zero-order chi connectivity index (χ0) is 14.5. The molecule has 2 aromatic rings. The lowest BCUT2D eigenvalue weighted by Crippen LogP contribution is -2.30. The Labute approximate surface area is 132 Å². The number of para-hydroxylation sites is 1. The minimum absolute atomic E-state index is 0.158. The molecule has 0 aliphatic heterocycles. The first-order valence-electron chi connectivity index (χ1n) is 6.35. The Kier molecular flexibility index (Phi) is 5.00. The van der Waals surface area contributed by atoms with Crippen LogP contribution in [0.2, 0.25) is 0 Å². The maximum absolute atomic E-state index is 12.1. The second kappa shape index (κ2) is 6.74. The van der Waals surface area contributed by atoms with Gasteiger partial charge in [0.2, 0.25) is 0 Å². The standard InChI is InChI=1S/C16H16INO2/c1-11-5-3-4-6-15(11)20-12(2)16(19)18-14-9-7-13(17)8-10-14/h3-10,12H,1-2H3,(H,18,19). The van der Waals surface area contributed by atoms with E-state index in [1.54, 1.807) is 6.92 Å². The molecule has 20 heavy (non-hydrogen) atoms. The summed E-state index contributed by atoms with van der Waals surface area (Å²) in [7, 11) is 0. The van der Waals surface area contributed by atoms with Crippen LogP contribution >= 0.6 is 22.6 Å². The normalized spacial score (nSPS) is 11.8. The van der Waals surface area contributed by atoms with Crippen LogP contribution in [0.3, 0.4) is 0 Å². The Balaban J connectivity index is 1.99. The van der Waals surface area contributed by atoms with Gasteiger partial charge >= 0.3 is 0 Å². The highest BCUT2D eigenvalue weighted by Gasteiger charge is 2.15. The molecule has 2 rings (SSSR count). The van der Waals surface area contributed by atoms with Gasteiger partial charge in [0.1, 0.15) is 5.75 Å². The molecule has 0 fully saturated rings. The SMILES string of the molecule is Cc1ccccc1OC(C)C(=O)Nc1ccc(I)cc1. The van der Waals surface area contributed by atoms with Crippen molar-refractivity contribution in [1.82, 2.24) is 0 Å². The summed E-state index contributed by atoms with van der Waals surface area (Å²) in [4.78, 5) is 12.1. The molecule has 1 unspecified atom stereocenters. The molecule has 3 nitrogen and oxygen atoms in total. The van der Waals surface area contributed by atoms with Crippen LogP contribution in [0.4, 0.5) is 5.69 Å². The molecule has 0 aliphatic carbocycles. The fourth-order valence-electron chi connectivity index (χ4n) is 1.71. The van der Waals surface area contributed by atoms with Crippen LogP contribution in [-0.2, 0) is 4.79 Å². The summed E-state index contributed by atoms with van der Waals surface area (Å²) < 4.78 is 6.82. The molecule has 0 aromatic heterocycles. The van der Waals surface area contributed by atoms with Crippen molar-refractivity contribution in [3.63, 3.8) is 0 Å². The minimum Gasteiger partial charge on any atom is -0.481 e. The third-order valence-electron chi connectivity index (χ3n) is 2.88. The zero-order valence-corrected chi connectivity index (χ0v) is 13.5. The summed E-state index contributed by atoms with van der Waals surface area (Å²) in [5.41, 5.74) is 1.79. The first-order valence-corrected chi connectivity index (χ1v) is 7.43. The molecule has 104 valence electrons. The van der Waals surface area contributed by atoms with Gasteiger partial charge in [0.15, 0.2) is 6.10 Å². The van der Waals surface area contributed by atoms with Crippen molar-refractivity contribution >= 4 is 34.2 Å². The van der Waals surface area contributed by atoms with E-state index in [2.05, 4.69) is 27.9 Å². The smallest absolute Gasteiger partial charge is 0.265 e. The quantitative estimate of drug-likeness (QED) is 0.813. The summed E-state index contributed by atoms with van der Waals surface area (Å²) in [5, 5.41) is 2.84. The van der Waals surface area contributed by atoms with Gasteiger partial charge in [-0.3, -0.25) is 4.79 Å². The molecule has 1 N–H and O–H groups in total. The molecule has 2 aromatic carbocycles. The molecule has 0 aliphatic rings. The van der Waals surface area contributed by atoms with Gasteiger partial charge in [-0.2, -0.15) is 0 Å². The van der Waals surface area contributed by atoms with Gasteiger partial charge in [-0.1, -0.05) is 18.2 Å². The van der Waals surface area contributed by atoms with Gasteiger partial charge < -0.3 is 10.1 Å². The molecule has 0 heterocycles. The number of amides is 1. The van der Waals surface area contributed by atoms with Crippen molar-refractivity contribution in [1.29, 1.82) is 0 Å². The molecule has 4 heteroatoms. The number of ether oxygens (including phenoxy) is 1. The number of aryl methyl sites for hydroxylation is 1. The topological polar surface area (TPSA) is 38.3 Å². The van der Waals surface area contributed by atoms with E-state index < -0.39 is 6.10 Å². The Morgan fingerprint density at radius 1 is 1.15 bits per heavy atom. The van der Waals surface area contributed by atoms with Crippen LogP contribution in [0, 0.1) is 10.5 Å². The third kappa shape index (κ3) is 3.96. The number of hydrogen-bond acceptors (Lipinski definition) is 2. The van der Waals surface area contributed by atoms with E-state index in [9.17, 15) is 4.79 Å². The van der Waals surface area contributed by atoms with E-state index >= 15 is 0 Å². The van der Waals surface area contributed by atoms with Crippen LogP contribution in [0.5, 0.6) is 5.75 Å². The number of nitrogens with one attached hydrogen (secondary N) is 1. The highest BCUT2D eigenvalue weighted by atomic mass is 127. The molecule has 1 amide bonds. The average Bonchev–Trinajstić information content (AvgIpc) is 2.44. The maximum atomic E-state index is 12.1. The van der Waals surface area contributed by atoms with E-state index in [0.717, 1.165) is 20.6 Å². The second-order valence-corrected chi connectivity index (χ2v) is 5.77. The first kappa shape index (κ1) is 14.8. The Hall–Kier alpha value is -1.56. The molecule has 0 saturated carbocycles. The molecule has 1 atom stereocenters. The lowest BCUT2D eigenvalue weighted by Gasteiger charge is -2.16. The molecule has 0 radical (unpaired) electrons. The van der Waals surface area contributed by atoms with E-state index in [4.69, 9.17) is 4.74 Å². The number of halogens is 1. The number of carbonyl (C=O) groups is 1. The molecule has 0 spiro atoms. The van der Waals surface area contributed by atoms with E-state index in [1.165, 1.54) is 0 Å². The largest absolute Gasteiger partial charge is 0.481 e. The highest BCUT2D eigenvalue weighted by molar-refractivity contribution is 14.1. The number of carbonyl (C=O) groups excluding carboxylic acids is 1. The third-order valence-corrected chi connectivity index (χ3v) is 3.60. The van der Waals surface area contributed by atoms with Crippen LogP contribution < -0.4 is 10.1 Å². The van der Waals surface area contributed by atoms with Crippen molar-refractivity contribution < 1.29 is 9.53 Å². The summed E-state index contributed by atoms with van der Waals surface area (Å²) in [6.07, 6.45) is -0.546. The fourth-order valence-corrected chi connectivity index (χ4v) is 2.07. The van der Waals surface area contributed by atoms with E-state index in [1.807, 2.05) is 55.5 Å². The van der Waals surface area contributed by atoms with Crippen LogP contribution in [0.15, 0.2) is 48.5 Å². The number of anilines is 1. The zero-order valence-electron chi connectivity index (χ0n) is 11.4. The van der Waals surface area contributed by atoms with Crippen molar-refractivity contribution in [3.05, 3.63) is 57.7 Å². The van der Waals surface area contributed by atoms with Gasteiger partial charge in [0.25, 0.3) is 5.91 Å². The fraction of sp³-hybridized carbons (Fsp3) is 0.188. The Morgan fingerprint density at radius 3 is 2.45 bits per heavy atom. The van der Waals surface area contributed by atoms with Crippen molar-refractivity contribution in [3.8, 4) is 5.75 Å². The van der Waals surface area contributed by atoms with Crippen molar-refractivity contribution in [2.45, 2.75) is 20.0 Å². The predicted molar refractivity (Wildman–Crippen MR) is 89.1 cm³/mol.